The fraction of sp³-hybridized carbons (Fsp3) is 0.250. The largest absolute Gasteiger partial charge is 0.495 e. The molecule has 0 fully saturated rings. The number of benzene rings is 2. The number of aryl methyl sites for hydroxylation is 1. The number of nitrogens with one attached hydrogen (secondary N) is 2. The van der Waals surface area contributed by atoms with E-state index in [9.17, 15) is 9.59 Å². The standard InChI is InChI=1S/C20H20ClN3O3/c1-12-8-16(17(27-4)10-15(12)21)24-19(26)20(2,3)18(25)23-14-7-5-6-13(9-14)11-22/h5-10H,1-4H3,(H,23,25)(H,24,26). The van der Waals surface area contributed by atoms with E-state index in [-0.39, 0.29) is 0 Å². The molecule has 140 valence electrons. The number of carbonyl (C=O) groups excluding carboxylic acids is 2. The summed E-state index contributed by atoms with van der Waals surface area (Å²) in [6, 6.07) is 11.8. The van der Waals surface area contributed by atoms with Gasteiger partial charge in [0.25, 0.3) is 0 Å². The van der Waals surface area contributed by atoms with Gasteiger partial charge < -0.3 is 15.4 Å². The lowest BCUT2D eigenvalue weighted by Gasteiger charge is -2.23. The molecular weight excluding hydrogens is 366 g/mol. The van der Waals surface area contributed by atoms with Gasteiger partial charge in [0.05, 0.1) is 24.4 Å². The molecule has 0 radical (unpaired) electrons. The van der Waals surface area contributed by atoms with Crippen molar-refractivity contribution < 1.29 is 14.3 Å². The van der Waals surface area contributed by atoms with Gasteiger partial charge in [0.15, 0.2) is 0 Å². The van der Waals surface area contributed by atoms with E-state index >= 15 is 0 Å². The molecule has 27 heavy (non-hydrogen) atoms. The van der Waals surface area contributed by atoms with Crippen LogP contribution in [0.1, 0.15) is 25.0 Å². The highest BCUT2D eigenvalue weighted by Crippen LogP contribution is 2.32. The predicted octanol–water partition coefficient (Wildman–Crippen LogP) is 4.13. The summed E-state index contributed by atoms with van der Waals surface area (Å²) in [4.78, 5) is 25.4. The van der Waals surface area contributed by atoms with E-state index in [1.165, 1.54) is 27.0 Å². The molecule has 0 aliphatic heterocycles. The normalized spacial score (nSPS) is 10.7. The monoisotopic (exact) mass is 385 g/mol. The molecule has 0 saturated heterocycles. The van der Waals surface area contributed by atoms with Crippen LogP contribution in [0.3, 0.4) is 0 Å². The van der Waals surface area contributed by atoms with Crippen LogP contribution in [0, 0.1) is 23.7 Å². The minimum absolute atomic E-state index is 0.400. The number of methoxy groups -OCH3 is 1. The van der Waals surface area contributed by atoms with Crippen molar-refractivity contribution in [1.82, 2.24) is 0 Å². The summed E-state index contributed by atoms with van der Waals surface area (Å²) in [5.41, 5.74) is 0.678. The Morgan fingerprint density at radius 2 is 1.81 bits per heavy atom. The predicted molar refractivity (Wildman–Crippen MR) is 105 cm³/mol. The van der Waals surface area contributed by atoms with Gasteiger partial charge in [0.2, 0.25) is 11.8 Å². The first-order valence-electron chi connectivity index (χ1n) is 8.16. The molecule has 2 N–H and O–H groups in total. The van der Waals surface area contributed by atoms with Crippen LogP contribution in [0.4, 0.5) is 11.4 Å². The lowest BCUT2D eigenvalue weighted by Crippen LogP contribution is -2.41. The van der Waals surface area contributed by atoms with E-state index in [2.05, 4.69) is 10.6 Å². The number of nitrogens with zero attached hydrogens (tertiary/aromatic N) is 1. The summed E-state index contributed by atoms with van der Waals surface area (Å²) in [6.45, 7) is 4.83. The van der Waals surface area contributed by atoms with Crippen molar-refractivity contribution in [2.24, 2.45) is 5.41 Å². The van der Waals surface area contributed by atoms with Gasteiger partial charge in [-0.1, -0.05) is 17.7 Å². The summed E-state index contributed by atoms with van der Waals surface area (Å²) >= 11 is 6.08. The van der Waals surface area contributed by atoms with Crippen molar-refractivity contribution in [3.63, 3.8) is 0 Å². The molecule has 0 bridgehead atoms. The fourth-order valence-corrected chi connectivity index (χ4v) is 2.42. The molecule has 0 heterocycles. The number of hydrogen-bond donors (Lipinski definition) is 2. The quantitative estimate of drug-likeness (QED) is 0.757. The lowest BCUT2D eigenvalue weighted by atomic mass is 9.90. The van der Waals surface area contributed by atoms with Crippen LogP contribution in [0.2, 0.25) is 5.02 Å². The Kier molecular flexibility index (Phi) is 6.09. The maximum atomic E-state index is 12.7. The van der Waals surface area contributed by atoms with Gasteiger partial charge >= 0.3 is 0 Å². The van der Waals surface area contributed by atoms with Crippen molar-refractivity contribution in [3.8, 4) is 11.8 Å². The number of nitriles is 1. The summed E-state index contributed by atoms with van der Waals surface area (Å²) in [5.74, 6) is -0.604. The highest BCUT2D eigenvalue weighted by Gasteiger charge is 2.36. The van der Waals surface area contributed by atoms with E-state index in [1.54, 1.807) is 37.3 Å². The Balaban J connectivity index is 2.20. The zero-order valence-electron chi connectivity index (χ0n) is 15.5. The average Bonchev–Trinajstić information content (AvgIpc) is 2.64. The number of carbonyl (C=O) groups is 2. The molecule has 2 amide bonds. The second-order valence-corrected chi connectivity index (χ2v) is 6.93. The van der Waals surface area contributed by atoms with E-state index < -0.39 is 17.2 Å². The van der Waals surface area contributed by atoms with Crippen LogP contribution in [-0.2, 0) is 9.59 Å². The third-order valence-corrected chi connectivity index (χ3v) is 4.52. The van der Waals surface area contributed by atoms with Crippen molar-refractivity contribution in [2.75, 3.05) is 17.7 Å². The number of rotatable bonds is 5. The summed E-state index contributed by atoms with van der Waals surface area (Å²) in [7, 11) is 1.47. The van der Waals surface area contributed by atoms with Crippen LogP contribution in [-0.4, -0.2) is 18.9 Å². The maximum Gasteiger partial charge on any atom is 0.239 e. The average molecular weight is 386 g/mol. The van der Waals surface area contributed by atoms with Crippen molar-refractivity contribution in [1.29, 1.82) is 5.26 Å². The zero-order valence-corrected chi connectivity index (χ0v) is 16.3. The first kappa shape index (κ1) is 20.3. The minimum Gasteiger partial charge on any atom is -0.495 e. The summed E-state index contributed by atoms with van der Waals surface area (Å²) < 4.78 is 5.25. The molecule has 0 aromatic heterocycles. The molecule has 2 aromatic rings. The minimum atomic E-state index is -1.37. The Morgan fingerprint density at radius 1 is 1.15 bits per heavy atom. The van der Waals surface area contributed by atoms with Gasteiger partial charge in [-0.3, -0.25) is 9.59 Å². The highest BCUT2D eigenvalue weighted by atomic mass is 35.5. The first-order valence-corrected chi connectivity index (χ1v) is 8.54. The second kappa shape index (κ2) is 8.11. The fourth-order valence-electron chi connectivity index (χ4n) is 2.27. The first-order chi connectivity index (χ1) is 12.7. The van der Waals surface area contributed by atoms with Gasteiger partial charge in [-0.15, -0.1) is 0 Å². The zero-order chi connectivity index (χ0) is 20.2. The van der Waals surface area contributed by atoms with Gasteiger partial charge in [0, 0.05) is 16.8 Å². The molecule has 0 unspecified atom stereocenters. The van der Waals surface area contributed by atoms with Crippen LogP contribution in [0.25, 0.3) is 0 Å². The van der Waals surface area contributed by atoms with Gasteiger partial charge in [-0.2, -0.15) is 5.26 Å². The number of amides is 2. The number of anilines is 2. The Morgan fingerprint density at radius 3 is 2.44 bits per heavy atom. The third kappa shape index (κ3) is 4.57. The van der Waals surface area contributed by atoms with Crippen LogP contribution < -0.4 is 15.4 Å². The highest BCUT2D eigenvalue weighted by molar-refractivity contribution is 6.31. The molecule has 2 rings (SSSR count). The van der Waals surface area contributed by atoms with Gasteiger partial charge in [-0.25, -0.2) is 0 Å². The molecule has 7 heteroatoms. The summed E-state index contributed by atoms with van der Waals surface area (Å²) in [5, 5.41) is 14.9. The number of ether oxygens (including phenoxy) is 1. The number of hydrogen-bond acceptors (Lipinski definition) is 4. The van der Waals surface area contributed by atoms with Crippen LogP contribution >= 0.6 is 11.6 Å². The second-order valence-electron chi connectivity index (χ2n) is 6.53. The van der Waals surface area contributed by atoms with Crippen molar-refractivity contribution >= 4 is 34.8 Å². The number of halogens is 1. The van der Waals surface area contributed by atoms with Gasteiger partial charge in [0.1, 0.15) is 11.2 Å². The molecule has 0 saturated carbocycles. The third-order valence-electron chi connectivity index (χ3n) is 4.11. The van der Waals surface area contributed by atoms with Crippen LogP contribution in [0.15, 0.2) is 36.4 Å². The topological polar surface area (TPSA) is 91.2 Å². The SMILES string of the molecule is COc1cc(Cl)c(C)cc1NC(=O)C(C)(C)C(=O)Nc1cccc(C#N)c1. The Labute approximate surface area is 163 Å². The van der Waals surface area contributed by atoms with E-state index in [1.807, 2.05) is 6.07 Å². The van der Waals surface area contributed by atoms with E-state index in [0.29, 0.717) is 27.7 Å². The van der Waals surface area contributed by atoms with Crippen LogP contribution in [0.5, 0.6) is 5.75 Å². The lowest BCUT2D eigenvalue weighted by molar-refractivity contribution is -0.135. The molecule has 6 nitrogen and oxygen atoms in total. The Hall–Kier alpha value is -3.04. The van der Waals surface area contributed by atoms with Gasteiger partial charge in [-0.05, 0) is 50.6 Å². The Bertz CT molecular complexity index is 933. The molecule has 0 aliphatic rings. The molecule has 0 spiro atoms. The molecular formula is C20H20ClN3O3. The smallest absolute Gasteiger partial charge is 0.239 e. The maximum absolute atomic E-state index is 12.7. The van der Waals surface area contributed by atoms with Crippen molar-refractivity contribution in [3.05, 3.63) is 52.5 Å². The molecule has 2 aromatic carbocycles. The molecule has 0 aliphatic carbocycles. The van der Waals surface area contributed by atoms with Crippen molar-refractivity contribution in [2.45, 2.75) is 20.8 Å². The van der Waals surface area contributed by atoms with E-state index in [0.717, 1.165) is 5.56 Å². The van der Waals surface area contributed by atoms with E-state index in [4.69, 9.17) is 21.6 Å². The summed E-state index contributed by atoms with van der Waals surface area (Å²) in [6.07, 6.45) is 0. The molecule has 0 atom stereocenters.